The Labute approximate surface area is 213 Å². The normalized spacial score (nSPS) is 17.4. The molecule has 0 aromatic carbocycles. The number of anilines is 1. The van der Waals surface area contributed by atoms with Crippen molar-refractivity contribution in [2.24, 2.45) is 18.9 Å². The maximum Gasteiger partial charge on any atom is 0.328 e. The SMILES string of the molecule is COC(=O)CC1CN(c2ccc(-c3nnn(C)c3Cn3ccn(CC(C)C)c3=O)nc2C)CC(F)(F)C1. The minimum atomic E-state index is -2.93. The number of aryl methyl sites for hydroxylation is 2. The van der Waals surface area contributed by atoms with Gasteiger partial charge < -0.3 is 9.64 Å². The van der Waals surface area contributed by atoms with Gasteiger partial charge in [0.1, 0.15) is 5.69 Å². The number of pyridine rings is 1. The van der Waals surface area contributed by atoms with Gasteiger partial charge in [-0.3, -0.25) is 13.9 Å². The van der Waals surface area contributed by atoms with Crippen LogP contribution in [0, 0.1) is 18.8 Å². The average Bonchev–Trinajstić information content (AvgIpc) is 3.35. The van der Waals surface area contributed by atoms with Gasteiger partial charge in [-0.2, -0.15) is 0 Å². The molecule has 0 saturated carbocycles. The van der Waals surface area contributed by atoms with Crippen molar-refractivity contribution in [1.29, 1.82) is 0 Å². The first-order valence-electron chi connectivity index (χ1n) is 12.3. The number of piperidine rings is 1. The van der Waals surface area contributed by atoms with E-state index in [0.717, 1.165) is 0 Å². The van der Waals surface area contributed by atoms with Crippen molar-refractivity contribution < 1.29 is 18.3 Å². The zero-order chi connectivity index (χ0) is 26.9. The number of hydrogen-bond acceptors (Lipinski definition) is 7. The second-order valence-corrected chi connectivity index (χ2v) is 10.2. The van der Waals surface area contributed by atoms with Gasteiger partial charge in [-0.25, -0.2) is 23.2 Å². The van der Waals surface area contributed by atoms with E-state index in [2.05, 4.69) is 33.9 Å². The maximum atomic E-state index is 14.5. The molecule has 0 spiro atoms. The van der Waals surface area contributed by atoms with Crippen LogP contribution in [-0.2, 0) is 29.7 Å². The first kappa shape index (κ1) is 26.5. The lowest BCUT2D eigenvalue weighted by Crippen LogP contribution is -2.48. The zero-order valence-electron chi connectivity index (χ0n) is 21.8. The summed E-state index contributed by atoms with van der Waals surface area (Å²) in [5, 5.41) is 8.40. The van der Waals surface area contributed by atoms with Crippen LogP contribution < -0.4 is 10.6 Å². The zero-order valence-corrected chi connectivity index (χ0v) is 21.8. The Balaban J connectivity index is 1.59. The monoisotopic (exact) mass is 517 g/mol. The number of halogens is 2. The van der Waals surface area contributed by atoms with E-state index < -0.39 is 24.4 Å². The Morgan fingerprint density at radius 1 is 1.24 bits per heavy atom. The molecule has 4 rings (SSSR count). The first-order chi connectivity index (χ1) is 17.5. The predicted octanol–water partition coefficient (Wildman–Crippen LogP) is 2.88. The number of carbonyl (C=O) groups is 1. The fourth-order valence-corrected chi connectivity index (χ4v) is 4.89. The summed E-state index contributed by atoms with van der Waals surface area (Å²) in [5.74, 6) is -3.62. The summed E-state index contributed by atoms with van der Waals surface area (Å²) < 4.78 is 38.6. The molecule has 0 radical (unpaired) electrons. The van der Waals surface area contributed by atoms with Crippen LogP contribution in [0.2, 0.25) is 0 Å². The van der Waals surface area contributed by atoms with E-state index in [-0.39, 0.29) is 25.1 Å². The van der Waals surface area contributed by atoms with Crippen LogP contribution in [0.3, 0.4) is 0 Å². The number of ether oxygens (including phenoxy) is 1. The summed E-state index contributed by atoms with van der Waals surface area (Å²) in [5.41, 5.74) is 2.77. The molecule has 37 heavy (non-hydrogen) atoms. The molecule has 1 aliphatic rings. The van der Waals surface area contributed by atoms with Crippen molar-refractivity contribution in [1.82, 2.24) is 29.1 Å². The number of carbonyl (C=O) groups excluding carboxylic acids is 1. The van der Waals surface area contributed by atoms with Crippen LogP contribution >= 0.6 is 0 Å². The van der Waals surface area contributed by atoms with E-state index in [0.29, 0.717) is 47.5 Å². The van der Waals surface area contributed by atoms with Gasteiger partial charge in [0.2, 0.25) is 0 Å². The van der Waals surface area contributed by atoms with Gasteiger partial charge in [0.05, 0.1) is 49.4 Å². The van der Waals surface area contributed by atoms with Crippen molar-refractivity contribution in [3.05, 3.63) is 46.4 Å². The second kappa shape index (κ2) is 10.4. The minimum Gasteiger partial charge on any atom is -0.469 e. The molecule has 1 unspecified atom stereocenters. The number of aromatic nitrogens is 6. The lowest BCUT2D eigenvalue weighted by Gasteiger charge is -2.39. The molecule has 0 N–H and O–H groups in total. The van der Waals surface area contributed by atoms with Crippen molar-refractivity contribution in [2.75, 3.05) is 25.1 Å². The Morgan fingerprint density at radius 2 is 1.97 bits per heavy atom. The number of hydrogen-bond donors (Lipinski definition) is 0. The van der Waals surface area contributed by atoms with Crippen LogP contribution in [0.1, 0.15) is 38.1 Å². The maximum absolute atomic E-state index is 14.5. The third kappa shape index (κ3) is 5.89. The molecule has 4 heterocycles. The lowest BCUT2D eigenvalue weighted by molar-refractivity contribution is -0.142. The van der Waals surface area contributed by atoms with Gasteiger partial charge in [0, 0.05) is 39.0 Å². The van der Waals surface area contributed by atoms with Crippen LogP contribution in [0.25, 0.3) is 11.4 Å². The van der Waals surface area contributed by atoms with Gasteiger partial charge in [-0.05, 0) is 30.9 Å². The standard InChI is InChI=1S/C25H33F2N7O3/c1-16(2)12-32-8-9-33(24(32)36)14-21-23(29-30-31(21)4)19-6-7-20(17(3)28-19)34-13-18(10-22(35)37-5)11-25(26,27)15-34/h6-9,16,18H,10-15H2,1-5H3. The first-order valence-corrected chi connectivity index (χ1v) is 12.3. The third-order valence-electron chi connectivity index (χ3n) is 6.56. The quantitative estimate of drug-likeness (QED) is 0.424. The summed E-state index contributed by atoms with van der Waals surface area (Å²) >= 11 is 0. The minimum absolute atomic E-state index is 0.0611. The fourth-order valence-electron chi connectivity index (χ4n) is 4.89. The Bertz CT molecular complexity index is 1330. The molecule has 0 amide bonds. The molecule has 10 nitrogen and oxygen atoms in total. The highest BCUT2D eigenvalue weighted by atomic mass is 19.3. The Morgan fingerprint density at radius 3 is 2.65 bits per heavy atom. The fraction of sp³-hybridized carbons (Fsp3) is 0.560. The number of alkyl halides is 2. The van der Waals surface area contributed by atoms with Crippen LogP contribution in [0.5, 0.6) is 0 Å². The van der Waals surface area contributed by atoms with Crippen molar-refractivity contribution >= 4 is 11.7 Å². The highest BCUT2D eigenvalue weighted by Crippen LogP contribution is 2.36. The van der Waals surface area contributed by atoms with Gasteiger partial charge in [0.25, 0.3) is 5.92 Å². The molecule has 12 heteroatoms. The van der Waals surface area contributed by atoms with Gasteiger partial charge in [-0.1, -0.05) is 19.1 Å². The molecule has 1 atom stereocenters. The van der Waals surface area contributed by atoms with E-state index >= 15 is 0 Å². The largest absolute Gasteiger partial charge is 0.469 e. The van der Waals surface area contributed by atoms with Crippen LogP contribution in [0.15, 0.2) is 29.3 Å². The highest BCUT2D eigenvalue weighted by Gasteiger charge is 2.41. The lowest BCUT2D eigenvalue weighted by atomic mass is 9.91. The Hall–Kier alpha value is -3.57. The van der Waals surface area contributed by atoms with Gasteiger partial charge in [0.15, 0.2) is 0 Å². The third-order valence-corrected chi connectivity index (χ3v) is 6.56. The summed E-state index contributed by atoms with van der Waals surface area (Å²) in [4.78, 5) is 30.7. The van der Waals surface area contributed by atoms with E-state index in [1.807, 2.05) is 0 Å². The molecule has 0 aliphatic carbocycles. The predicted molar refractivity (Wildman–Crippen MR) is 134 cm³/mol. The van der Waals surface area contributed by atoms with Crippen LogP contribution in [-0.4, -0.2) is 61.2 Å². The number of methoxy groups -OCH3 is 1. The highest BCUT2D eigenvalue weighted by molar-refractivity contribution is 5.69. The number of imidazole rings is 1. The summed E-state index contributed by atoms with van der Waals surface area (Å²) in [6, 6.07) is 3.47. The summed E-state index contributed by atoms with van der Waals surface area (Å²) in [7, 11) is 3.01. The number of rotatable bonds is 8. The van der Waals surface area contributed by atoms with E-state index in [9.17, 15) is 18.4 Å². The molecule has 1 aliphatic heterocycles. The summed E-state index contributed by atoms with van der Waals surface area (Å²) in [6.45, 7) is 6.61. The molecule has 1 saturated heterocycles. The van der Waals surface area contributed by atoms with Crippen LogP contribution in [0.4, 0.5) is 14.5 Å². The molecule has 3 aromatic rings. The van der Waals surface area contributed by atoms with Crippen molar-refractivity contribution in [2.45, 2.75) is 52.6 Å². The molecular weight excluding hydrogens is 484 g/mol. The molecule has 200 valence electrons. The topological polar surface area (TPSA) is 100 Å². The molecule has 0 bridgehead atoms. The van der Waals surface area contributed by atoms with Crippen molar-refractivity contribution in [3.8, 4) is 11.4 Å². The molecule has 1 fully saturated rings. The second-order valence-electron chi connectivity index (χ2n) is 10.2. The summed E-state index contributed by atoms with van der Waals surface area (Å²) in [6.07, 6.45) is 3.09. The number of esters is 1. The van der Waals surface area contributed by atoms with E-state index in [1.165, 1.54) is 7.11 Å². The van der Waals surface area contributed by atoms with Gasteiger partial charge >= 0.3 is 11.7 Å². The van der Waals surface area contributed by atoms with E-state index in [4.69, 9.17) is 0 Å². The smallest absolute Gasteiger partial charge is 0.328 e. The van der Waals surface area contributed by atoms with Crippen molar-refractivity contribution in [3.63, 3.8) is 0 Å². The van der Waals surface area contributed by atoms with Gasteiger partial charge in [-0.15, -0.1) is 5.10 Å². The van der Waals surface area contributed by atoms with E-state index in [1.54, 1.807) is 57.2 Å². The molecular formula is C25H33F2N7O3. The average molecular weight is 518 g/mol. The Kier molecular flexibility index (Phi) is 7.47. The molecule has 3 aromatic heterocycles. The number of nitrogens with zero attached hydrogens (tertiary/aromatic N) is 7.